The highest BCUT2D eigenvalue weighted by atomic mass is 79.9. The number of halogens is 3. The Bertz CT molecular complexity index is 684. The second kappa shape index (κ2) is 4.73. The van der Waals surface area contributed by atoms with Crippen molar-refractivity contribution in [1.82, 2.24) is 0 Å². The maximum absolute atomic E-state index is 14.5. The molecule has 0 amide bonds. The molecule has 0 aromatic heterocycles. The summed E-state index contributed by atoms with van der Waals surface area (Å²) in [6.07, 6.45) is -1.19. The van der Waals surface area contributed by atoms with Crippen LogP contribution in [-0.4, -0.2) is 11.7 Å². The first-order valence-electron chi connectivity index (χ1n) is 5.79. The number of rotatable bonds is 2. The van der Waals surface area contributed by atoms with Crippen molar-refractivity contribution in [2.75, 3.05) is 5.88 Å². The smallest absolute Gasteiger partial charge is 0.177 e. The van der Waals surface area contributed by atoms with Crippen molar-refractivity contribution < 1.29 is 9.18 Å². The van der Waals surface area contributed by atoms with Gasteiger partial charge in [0.15, 0.2) is 12.0 Å². The van der Waals surface area contributed by atoms with E-state index in [1.807, 2.05) is 12.1 Å². The lowest BCUT2D eigenvalue weighted by Gasteiger charge is -2.04. The van der Waals surface area contributed by atoms with Crippen molar-refractivity contribution in [2.45, 2.75) is 6.17 Å². The van der Waals surface area contributed by atoms with Crippen LogP contribution in [0, 0.1) is 0 Å². The van der Waals surface area contributed by atoms with E-state index in [2.05, 4.69) is 15.9 Å². The normalized spacial score (nSPS) is 16.1. The number of carbonyl (C=O) groups is 1. The second-order valence-corrected chi connectivity index (χ2v) is 5.64. The van der Waals surface area contributed by atoms with Crippen molar-refractivity contribution in [3.63, 3.8) is 0 Å². The van der Waals surface area contributed by atoms with Crippen molar-refractivity contribution >= 4 is 33.3 Å². The topological polar surface area (TPSA) is 17.1 Å². The summed E-state index contributed by atoms with van der Waals surface area (Å²) >= 11 is 8.88. The molecule has 0 fully saturated rings. The zero-order valence-electron chi connectivity index (χ0n) is 9.79. The third kappa shape index (κ3) is 2.01. The number of hydrogen-bond donors (Lipinski definition) is 0. The summed E-state index contributed by atoms with van der Waals surface area (Å²) in [4.78, 5) is 11.6. The molecule has 19 heavy (non-hydrogen) atoms. The Morgan fingerprint density at radius 1 is 1.16 bits per heavy atom. The van der Waals surface area contributed by atoms with E-state index in [0.717, 1.165) is 15.6 Å². The van der Waals surface area contributed by atoms with Gasteiger partial charge < -0.3 is 0 Å². The number of Topliss-reactive ketones (excluding diaryl/α,β-unsaturated/α-hetero) is 1. The molecule has 1 unspecified atom stereocenters. The Balaban J connectivity index is 2.16. The van der Waals surface area contributed by atoms with Crippen LogP contribution in [0.3, 0.4) is 0 Å². The largest absolute Gasteiger partial charge is 0.293 e. The van der Waals surface area contributed by atoms with Crippen molar-refractivity contribution in [3.05, 3.63) is 57.6 Å². The molecule has 4 heteroatoms. The van der Waals surface area contributed by atoms with Gasteiger partial charge in [0.05, 0.1) is 5.88 Å². The molecular weight excluding hydrogens is 331 g/mol. The predicted molar refractivity (Wildman–Crippen MR) is 77.6 cm³/mol. The number of benzene rings is 2. The van der Waals surface area contributed by atoms with Crippen LogP contribution in [0.15, 0.2) is 40.9 Å². The van der Waals surface area contributed by atoms with Gasteiger partial charge >= 0.3 is 0 Å². The van der Waals surface area contributed by atoms with Crippen LogP contribution in [0.25, 0.3) is 11.1 Å². The predicted octanol–water partition coefficient (Wildman–Crippen LogP) is 4.91. The van der Waals surface area contributed by atoms with E-state index in [1.54, 1.807) is 24.3 Å². The molecule has 96 valence electrons. The van der Waals surface area contributed by atoms with Gasteiger partial charge in [-0.05, 0) is 40.5 Å². The third-order valence-corrected chi connectivity index (χ3v) is 4.08. The van der Waals surface area contributed by atoms with Gasteiger partial charge in [-0.25, -0.2) is 4.39 Å². The fraction of sp³-hybridized carbons (Fsp3) is 0.133. The summed E-state index contributed by atoms with van der Waals surface area (Å²) in [5, 5.41) is 0. The van der Waals surface area contributed by atoms with Crippen molar-refractivity contribution in [2.24, 2.45) is 0 Å². The van der Waals surface area contributed by atoms with Gasteiger partial charge in [-0.3, -0.25) is 4.79 Å². The highest BCUT2D eigenvalue weighted by Crippen LogP contribution is 2.46. The molecule has 0 saturated heterocycles. The molecule has 1 nitrogen and oxygen atoms in total. The fourth-order valence-corrected chi connectivity index (χ4v) is 2.96. The van der Waals surface area contributed by atoms with E-state index >= 15 is 0 Å². The summed E-state index contributed by atoms with van der Waals surface area (Å²) in [5.74, 6) is -0.275. The zero-order valence-corrected chi connectivity index (χ0v) is 12.1. The number of ketones is 1. The Morgan fingerprint density at radius 2 is 1.79 bits per heavy atom. The minimum atomic E-state index is -1.19. The first-order chi connectivity index (χ1) is 9.11. The van der Waals surface area contributed by atoms with E-state index in [4.69, 9.17) is 11.6 Å². The fourth-order valence-electron chi connectivity index (χ4n) is 2.42. The molecule has 1 aliphatic rings. The Morgan fingerprint density at radius 3 is 2.47 bits per heavy atom. The average molecular weight is 340 g/mol. The quantitative estimate of drug-likeness (QED) is 0.561. The molecule has 2 aromatic carbocycles. The highest BCUT2D eigenvalue weighted by molar-refractivity contribution is 9.10. The zero-order chi connectivity index (χ0) is 13.6. The minimum Gasteiger partial charge on any atom is -0.293 e. The third-order valence-electron chi connectivity index (χ3n) is 3.34. The molecule has 0 aliphatic heterocycles. The van der Waals surface area contributed by atoms with Gasteiger partial charge in [0.1, 0.15) is 0 Å². The molecule has 0 N–H and O–H groups in total. The van der Waals surface area contributed by atoms with E-state index < -0.39 is 6.17 Å². The SMILES string of the molecule is O=C(CCl)c1ccc2c(c1)C(F)c1cc(Br)ccc1-2. The minimum absolute atomic E-state index is 0.0891. The molecule has 1 aliphatic carbocycles. The van der Waals surface area contributed by atoms with Gasteiger partial charge in [0.25, 0.3) is 0 Å². The molecule has 0 heterocycles. The van der Waals surface area contributed by atoms with Crippen LogP contribution in [0.1, 0.15) is 27.7 Å². The van der Waals surface area contributed by atoms with E-state index in [1.165, 1.54) is 0 Å². The summed E-state index contributed by atoms with van der Waals surface area (Å²) in [6.45, 7) is 0. The lowest BCUT2D eigenvalue weighted by Crippen LogP contribution is -2.01. The molecule has 3 rings (SSSR count). The van der Waals surface area contributed by atoms with Crippen LogP contribution in [-0.2, 0) is 0 Å². The number of carbonyl (C=O) groups excluding carboxylic acids is 1. The second-order valence-electron chi connectivity index (χ2n) is 4.45. The first kappa shape index (κ1) is 12.8. The molecule has 1 atom stereocenters. The molecule has 0 spiro atoms. The number of fused-ring (bicyclic) bond motifs is 3. The van der Waals surface area contributed by atoms with Gasteiger partial charge in [-0.15, -0.1) is 11.6 Å². The summed E-state index contributed by atoms with van der Waals surface area (Å²) in [6, 6.07) is 10.7. The Kier molecular flexibility index (Phi) is 3.19. The molecule has 0 bridgehead atoms. The average Bonchev–Trinajstić information content (AvgIpc) is 2.71. The van der Waals surface area contributed by atoms with Gasteiger partial charge in [-0.2, -0.15) is 0 Å². The highest BCUT2D eigenvalue weighted by Gasteiger charge is 2.29. The van der Waals surface area contributed by atoms with Crippen molar-refractivity contribution in [3.8, 4) is 11.1 Å². The molecule has 2 aromatic rings. The molecular formula is C15H9BrClFO. The standard InChI is InChI=1S/C15H9BrClFO/c16-9-2-4-11-10-3-1-8(14(19)7-17)5-12(10)15(18)13(11)6-9/h1-6,15H,7H2. The van der Waals surface area contributed by atoms with Crippen LogP contribution in [0.4, 0.5) is 4.39 Å². The Hall–Kier alpha value is -1.19. The summed E-state index contributed by atoms with van der Waals surface area (Å²) in [5.41, 5.74) is 3.38. The lowest BCUT2D eigenvalue weighted by molar-refractivity contribution is 0.102. The molecule has 0 saturated carbocycles. The van der Waals surface area contributed by atoms with Gasteiger partial charge in [0.2, 0.25) is 0 Å². The monoisotopic (exact) mass is 338 g/mol. The number of hydrogen-bond acceptors (Lipinski definition) is 1. The van der Waals surface area contributed by atoms with Gasteiger partial charge in [-0.1, -0.05) is 34.1 Å². The van der Waals surface area contributed by atoms with E-state index in [-0.39, 0.29) is 11.7 Å². The van der Waals surface area contributed by atoms with Crippen LogP contribution in [0.5, 0.6) is 0 Å². The van der Waals surface area contributed by atoms with Crippen molar-refractivity contribution in [1.29, 1.82) is 0 Å². The summed E-state index contributed by atoms with van der Waals surface area (Å²) in [7, 11) is 0. The maximum atomic E-state index is 14.5. The van der Waals surface area contributed by atoms with Crippen LogP contribution < -0.4 is 0 Å². The summed E-state index contributed by atoms with van der Waals surface area (Å²) < 4.78 is 15.3. The first-order valence-corrected chi connectivity index (χ1v) is 7.11. The maximum Gasteiger partial charge on any atom is 0.177 e. The van der Waals surface area contributed by atoms with Crippen LogP contribution >= 0.6 is 27.5 Å². The van der Waals surface area contributed by atoms with E-state index in [0.29, 0.717) is 16.7 Å². The lowest BCUT2D eigenvalue weighted by atomic mass is 10.0. The van der Waals surface area contributed by atoms with Crippen LogP contribution in [0.2, 0.25) is 0 Å². The van der Waals surface area contributed by atoms with E-state index in [9.17, 15) is 9.18 Å². The Labute approximate surface area is 123 Å². The molecule has 0 radical (unpaired) electrons. The number of alkyl halides is 2. The van der Waals surface area contributed by atoms with Gasteiger partial charge in [0, 0.05) is 10.0 Å².